The maximum Gasteiger partial charge on any atom is 0.455 e. The van der Waals surface area contributed by atoms with Crippen molar-refractivity contribution in [2.24, 2.45) is 10.9 Å². The Morgan fingerprint density at radius 1 is 1.29 bits per heavy atom. The minimum atomic E-state index is -5.64. The van der Waals surface area contributed by atoms with Gasteiger partial charge >= 0.3 is 12.1 Å². The van der Waals surface area contributed by atoms with Crippen molar-refractivity contribution < 1.29 is 31.9 Å². The Hall–Kier alpha value is -1.90. The lowest BCUT2D eigenvalue weighted by molar-refractivity contribution is -0.297. The van der Waals surface area contributed by atoms with Crippen molar-refractivity contribution in [3.63, 3.8) is 0 Å². The minimum absolute atomic E-state index is 0.144. The summed E-state index contributed by atoms with van der Waals surface area (Å²) in [6.07, 6.45) is -5.64. The van der Waals surface area contributed by atoms with Crippen LogP contribution in [0.3, 0.4) is 0 Å². The van der Waals surface area contributed by atoms with Crippen molar-refractivity contribution in [2.75, 3.05) is 6.61 Å². The first-order valence-electron chi connectivity index (χ1n) is 5.68. The highest BCUT2D eigenvalue weighted by atomic mass is 19.4. The Morgan fingerprint density at radius 2 is 1.90 bits per heavy atom. The molecule has 0 fully saturated rings. The van der Waals surface area contributed by atoms with E-state index in [4.69, 9.17) is 10.9 Å². The van der Waals surface area contributed by atoms with Gasteiger partial charge in [0.05, 0.1) is 6.61 Å². The Morgan fingerprint density at radius 3 is 2.38 bits per heavy atom. The van der Waals surface area contributed by atoms with Gasteiger partial charge in [-0.15, -0.1) is 0 Å². The summed E-state index contributed by atoms with van der Waals surface area (Å²) < 4.78 is 65.5. The largest absolute Gasteiger partial charge is 0.455 e. The first-order valence-corrected chi connectivity index (χ1v) is 5.68. The average Bonchev–Trinajstić information content (AvgIpc) is 2.38. The molecule has 0 unspecified atom stereocenters. The number of ether oxygens (including phenoxy) is 1. The van der Waals surface area contributed by atoms with Crippen molar-refractivity contribution >= 4 is 5.84 Å². The predicted molar refractivity (Wildman–Crippen MR) is 64.3 cm³/mol. The van der Waals surface area contributed by atoms with E-state index in [9.17, 15) is 22.0 Å². The standard InChI is InChI=1S/C12H13F5N2O2/c1-7-4-8(10(18)19-20)2-3-9(7)5-21-6-11(13,14)12(15,16)17/h2-4,20H,5-6H2,1H3,(H2,18,19). The van der Waals surface area contributed by atoms with E-state index in [1.165, 1.54) is 18.2 Å². The van der Waals surface area contributed by atoms with Crippen LogP contribution in [0.15, 0.2) is 23.4 Å². The second-order valence-electron chi connectivity index (χ2n) is 4.32. The molecular formula is C12H13F5N2O2. The molecule has 4 nitrogen and oxygen atoms in total. The number of hydrogen-bond donors (Lipinski definition) is 2. The number of nitrogens with zero attached hydrogens (tertiary/aromatic N) is 1. The van der Waals surface area contributed by atoms with E-state index in [0.717, 1.165) is 0 Å². The van der Waals surface area contributed by atoms with Gasteiger partial charge in [-0.05, 0) is 24.1 Å². The molecule has 1 aromatic rings. The zero-order valence-corrected chi connectivity index (χ0v) is 10.9. The molecule has 0 saturated carbocycles. The second-order valence-corrected chi connectivity index (χ2v) is 4.32. The molecule has 0 aliphatic rings. The third-order valence-electron chi connectivity index (χ3n) is 2.70. The van der Waals surface area contributed by atoms with Gasteiger partial charge in [-0.25, -0.2) is 0 Å². The molecular weight excluding hydrogens is 299 g/mol. The van der Waals surface area contributed by atoms with Gasteiger partial charge in [0.15, 0.2) is 5.84 Å². The van der Waals surface area contributed by atoms with Gasteiger partial charge in [-0.1, -0.05) is 17.3 Å². The van der Waals surface area contributed by atoms with Crippen LogP contribution in [0.5, 0.6) is 0 Å². The summed E-state index contributed by atoms with van der Waals surface area (Å²) in [4.78, 5) is 0. The highest BCUT2D eigenvalue weighted by Crippen LogP contribution is 2.35. The number of benzene rings is 1. The molecule has 9 heteroatoms. The van der Waals surface area contributed by atoms with Crippen LogP contribution in [0.1, 0.15) is 16.7 Å². The number of rotatable bonds is 5. The van der Waals surface area contributed by atoms with Crippen LogP contribution in [0, 0.1) is 6.92 Å². The summed E-state index contributed by atoms with van der Waals surface area (Å²) in [5, 5.41) is 11.3. The van der Waals surface area contributed by atoms with Gasteiger partial charge in [-0.3, -0.25) is 0 Å². The molecule has 3 N–H and O–H groups in total. The number of nitrogens with two attached hydrogens (primary N) is 1. The van der Waals surface area contributed by atoms with Crippen molar-refractivity contribution in [1.29, 1.82) is 0 Å². The molecule has 0 aliphatic carbocycles. The fourth-order valence-corrected chi connectivity index (χ4v) is 1.45. The van der Waals surface area contributed by atoms with Crippen LogP contribution in [0.2, 0.25) is 0 Å². The van der Waals surface area contributed by atoms with E-state index in [1.54, 1.807) is 6.92 Å². The van der Waals surface area contributed by atoms with Crippen molar-refractivity contribution in [3.05, 3.63) is 34.9 Å². The molecule has 0 aliphatic heterocycles. The molecule has 1 aromatic carbocycles. The SMILES string of the molecule is Cc1cc(/C(N)=N/O)ccc1COCC(F)(F)C(F)(F)F. The van der Waals surface area contributed by atoms with Gasteiger partial charge in [0, 0.05) is 5.56 Å². The van der Waals surface area contributed by atoms with Crippen LogP contribution in [-0.4, -0.2) is 29.7 Å². The van der Waals surface area contributed by atoms with Crippen LogP contribution >= 0.6 is 0 Å². The maximum absolute atomic E-state index is 12.6. The van der Waals surface area contributed by atoms with Gasteiger partial charge in [-0.2, -0.15) is 22.0 Å². The monoisotopic (exact) mass is 312 g/mol. The highest BCUT2D eigenvalue weighted by molar-refractivity contribution is 5.97. The fraction of sp³-hybridized carbons (Fsp3) is 0.417. The van der Waals surface area contributed by atoms with E-state index in [1.807, 2.05) is 0 Å². The Kier molecular flexibility index (Phi) is 5.10. The zero-order valence-electron chi connectivity index (χ0n) is 10.9. The van der Waals surface area contributed by atoms with E-state index in [-0.39, 0.29) is 5.84 Å². The normalized spacial score (nSPS) is 13.5. The number of halogens is 5. The molecule has 0 bridgehead atoms. The molecule has 0 aromatic heterocycles. The number of hydrogen-bond acceptors (Lipinski definition) is 3. The van der Waals surface area contributed by atoms with E-state index in [0.29, 0.717) is 16.7 Å². The van der Waals surface area contributed by atoms with Crippen LogP contribution in [0.4, 0.5) is 22.0 Å². The summed E-state index contributed by atoms with van der Waals surface area (Å²) in [5.41, 5.74) is 6.72. The first-order chi connectivity index (χ1) is 9.58. The molecule has 0 radical (unpaired) electrons. The summed E-state index contributed by atoms with van der Waals surface area (Å²) in [6.45, 7) is -0.569. The second kappa shape index (κ2) is 6.25. The molecule has 0 heterocycles. The van der Waals surface area contributed by atoms with Gasteiger partial charge in [0.1, 0.15) is 6.61 Å². The zero-order chi connectivity index (χ0) is 16.3. The third kappa shape index (κ3) is 4.28. The summed E-state index contributed by atoms with van der Waals surface area (Å²) in [7, 11) is 0. The fourth-order valence-electron chi connectivity index (χ4n) is 1.45. The Bertz CT molecular complexity index is 529. The van der Waals surface area contributed by atoms with Gasteiger partial charge in [0.25, 0.3) is 0 Å². The lowest BCUT2D eigenvalue weighted by Crippen LogP contribution is -2.40. The van der Waals surface area contributed by atoms with E-state index < -0.39 is 25.3 Å². The van der Waals surface area contributed by atoms with Crippen LogP contribution in [-0.2, 0) is 11.3 Å². The first kappa shape index (κ1) is 17.2. The number of oxime groups is 1. The molecule has 1 rings (SSSR count). The molecule has 0 amide bonds. The predicted octanol–water partition coefficient (Wildman–Crippen LogP) is 2.80. The number of alkyl halides is 5. The lowest BCUT2D eigenvalue weighted by atomic mass is 10.1. The Labute approximate surface area is 117 Å². The summed E-state index contributed by atoms with van der Waals surface area (Å²) >= 11 is 0. The topological polar surface area (TPSA) is 67.8 Å². The van der Waals surface area contributed by atoms with Crippen molar-refractivity contribution in [2.45, 2.75) is 25.6 Å². The molecule has 21 heavy (non-hydrogen) atoms. The van der Waals surface area contributed by atoms with E-state index >= 15 is 0 Å². The average molecular weight is 312 g/mol. The minimum Gasteiger partial charge on any atom is -0.409 e. The molecule has 0 saturated heterocycles. The maximum atomic E-state index is 12.6. The van der Waals surface area contributed by atoms with Gasteiger partial charge in [0.2, 0.25) is 0 Å². The number of aryl methyl sites for hydroxylation is 1. The number of amidine groups is 1. The smallest absolute Gasteiger partial charge is 0.409 e. The molecule has 0 spiro atoms. The molecule has 118 valence electrons. The molecule has 0 atom stereocenters. The Balaban J connectivity index is 2.69. The van der Waals surface area contributed by atoms with Crippen molar-refractivity contribution in [1.82, 2.24) is 0 Å². The highest BCUT2D eigenvalue weighted by Gasteiger charge is 2.57. The van der Waals surface area contributed by atoms with Crippen LogP contribution < -0.4 is 5.73 Å². The van der Waals surface area contributed by atoms with Crippen molar-refractivity contribution in [3.8, 4) is 0 Å². The quantitative estimate of drug-likeness (QED) is 0.289. The third-order valence-corrected chi connectivity index (χ3v) is 2.70. The van der Waals surface area contributed by atoms with Gasteiger partial charge < -0.3 is 15.7 Å². The van der Waals surface area contributed by atoms with Crippen LogP contribution in [0.25, 0.3) is 0 Å². The summed E-state index contributed by atoms with van der Waals surface area (Å²) in [6, 6.07) is 4.37. The lowest BCUT2D eigenvalue weighted by Gasteiger charge is -2.19. The van der Waals surface area contributed by atoms with E-state index in [2.05, 4.69) is 9.89 Å². The summed E-state index contributed by atoms with van der Waals surface area (Å²) in [5.74, 6) is -5.04.